The zero-order valence-electron chi connectivity index (χ0n) is 14.7. The monoisotopic (exact) mass is 459 g/mol. The molecule has 0 atom stereocenters. The Hall–Kier alpha value is -2.90. The molecule has 1 heterocycles. The molecule has 6 nitrogen and oxygen atoms in total. The quantitative estimate of drug-likeness (QED) is 0.410. The third-order valence-corrected chi connectivity index (χ3v) is 4.47. The van der Waals surface area contributed by atoms with Gasteiger partial charge < -0.3 is 9.73 Å². The van der Waals surface area contributed by atoms with E-state index in [1.54, 1.807) is 67.6 Å². The van der Waals surface area contributed by atoms with E-state index in [4.69, 9.17) is 16.0 Å². The number of carbonyl (C=O) groups is 2. The van der Waals surface area contributed by atoms with Gasteiger partial charge in [0.25, 0.3) is 5.91 Å². The fourth-order valence-corrected chi connectivity index (χ4v) is 2.72. The van der Waals surface area contributed by atoms with Gasteiger partial charge in [-0.25, -0.2) is 5.43 Å². The second kappa shape index (κ2) is 8.86. The molecule has 3 aromatic rings. The average molecular weight is 461 g/mol. The van der Waals surface area contributed by atoms with Crippen LogP contribution in [0.3, 0.4) is 0 Å². The summed E-state index contributed by atoms with van der Waals surface area (Å²) in [5.41, 5.74) is 4.99. The molecule has 0 aliphatic rings. The van der Waals surface area contributed by atoms with Crippen molar-refractivity contribution in [3.05, 3.63) is 87.2 Å². The zero-order chi connectivity index (χ0) is 20.1. The van der Waals surface area contributed by atoms with Crippen molar-refractivity contribution < 1.29 is 14.0 Å². The van der Waals surface area contributed by atoms with Crippen LogP contribution in [0.15, 0.2) is 74.9 Å². The maximum absolute atomic E-state index is 12.2. The molecule has 3 rings (SSSR count). The highest BCUT2D eigenvalue weighted by Gasteiger charge is 2.10. The van der Waals surface area contributed by atoms with Gasteiger partial charge in [-0.2, -0.15) is 5.10 Å². The summed E-state index contributed by atoms with van der Waals surface area (Å²) >= 11 is 8.97. The number of rotatable bonds is 5. The van der Waals surface area contributed by atoms with Crippen molar-refractivity contribution in [1.82, 2.24) is 5.43 Å². The van der Waals surface area contributed by atoms with Gasteiger partial charge in [-0.15, -0.1) is 0 Å². The molecule has 0 saturated heterocycles. The molecule has 8 heteroatoms. The third-order valence-electron chi connectivity index (χ3n) is 3.79. The molecule has 0 saturated carbocycles. The average Bonchev–Trinajstić information content (AvgIpc) is 3.13. The van der Waals surface area contributed by atoms with Crippen molar-refractivity contribution in [2.75, 3.05) is 5.32 Å². The first-order valence-corrected chi connectivity index (χ1v) is 9.37. The van der Waals surface area contributed by atoms with Gasteiger partial charge >= 0.3 is 5.91 Å². The first-order valence-electron chi connectivity index (χ1n) is 8.20. The number of anilines is 1. The fourth-order valence-electron chi connectivity index (χ4n) is 2.29. The molecule has 1 aromatic heterocycles. The lowest BCUT2D eigenvalue weighted by Gasteiger charge is -2.07. The fraction of sp³-hybridized carbons (Fsp3) is 0.0500. The van der Waals surface area contributed by atoms with Gasteiger partial charge in [0.2, 0.25) is 0 Å². The molecule has 0 spiro atoms. The van der Waals surface area contributed by atoms with Crippen molar-refractivity contribution in [3.63, 3.8) is 0 Å². The molecular weight excluding hydrogens is 446 g/mol. The van der Waals surface area contributed by atoms with Crippen molar-refractivity contribution in [1.29, 1.82) is 0 Å². The van der Waals surface area contributed by atoms with Crippen molar-refractivity contribution in [2.24, 2.45) is 5.10 Å². The van der Waals surface area contributed by atoms with Crippen LogP contribution in [0.1, 0.15) is 33.4 Å². The molecule has 2 amide bonds. The van der Waals surface area contributed by atoms with Crippen LogP contribution in [0.5, 0.6) is 0 Å². The van der Waals surface area contributed by atoms with Crippen LogP contribution in [-0.2, 0) is 0 Å². The number of benzene rings is 2. The molecular formula is C20H15BrClN3O3. The minimum Gasteiger partial charge on any atom is -0.444 e. The van der Waals surface area contributed by atoms with Gasteiger partial charge in [0.15, 0.2) is 10.4 Å². The SMILES string of the molecule is CC(=NNC(=O)c1ccc(Br)o1)c1ccc(NC(=O)c2ccc(Cl)cc2)cc1. The van der Waals surface area contributed by atoms with Crippen molar-refractivity contribution >= 4 is 50.7 Å². The summed E-state index contributed by atoms with van der Waals surface area (Å²) in [6.07, 6.45) is 0. The van der Waals surface area contributed by atoms with Crippen LogP contribution in [0.25, 0.3) is 0 Å². The number of nitrogens with zero attached hydrogens (tertiary/aromatic N) is 1. The second-order valence-corrected chi connectivity index (χ2v) is 7.00. The number of hydrogen-bond acceptors (Lipinski definition) is 4. The van der Waals surface area contributed by atoms with E-state index >= 15 is 0 Å². The topological polar surface area (TPSA) is 83.7 Å². The smallest absolute Gasteiger partial charge is 0.307 e. The Balaban J connectivity index is 1.62. The summed E-state index contributed by atoms with van der Waals surface area (Å²) in [4.78, 5) is 24.2. The van der Waals surface area contributed by atoms with Gasteiger partial charge in [0.1, 0.15) is 0 Å². The molecule has 0 aliphatic heterocycles. The van der Waals surface area contributed by atoms with Gasteiger partial charge in [-0.05, 0) is 76.9 Å². The first kappa shape index (κ1) is 19.9. The van der Waals surface area contributed by atoms with E-state index in [9.17, 15) is 9.59 Å². The lowest BCUT2D eigenvalue weighted by atomic mass is 10.1. The number of hydrazone groups is 1. The van der Waals surface area contributed by atoms with Crippen LogP contribution >= 0.6 is 27.5 Å². The van der Waals surface area contributed by atoms with E-state index in [0.29, 0.717) is 26.7 Å². The van der Waals surface area contributed by atoms with Crippen molar-refractivity contribution in [3.8, 4) is 0 Å². The summed E-state index contributed by atoms with van der Waals surface area (Å²) in [6.45, 7) is 1.76. The number of carbonyl (C=O) groups excluding carboxylic acids is 2. The van der Waals surface area contributed by atoms with Crippen LogP contribution in [0, 0.1) is 0 Å². The van der Waals surface area contributed by atoms with Gasteiger partial charge in [0.05, 0.1) is 5.71 Å². The summed E-state index contributed by atoms with van der Waals surface area (Å²) in [5, 5.41) is 7.45. The minimum absolute atomic E-state index is 0.156. The molecule has 142 valence electrons. The molecule has 28 heavy (non-hydrogen) atoms. The van der Waals surface area contributed by atoms with E-state index < -0.39 is 5.91 Å². The highest BCUT2D eigenvalue weighted by atomic mass is 79.9. The number of halogens is 2. The summed E-state index contributed by atoms with van der Waals surface area (Å²) in [5.74, 6) is -0.521. The summed E-state index contributed by atoms with van der Waals surface area (Å²) in [6, 6.07) is 16.9. The number of nitrogens with one attached hydrogen (secondary N) is 2. The predicted molar refractivity (Wildman–Crippen MR) is 112 cm³/mol. The molecule has 0 bridgehead atoms. The Labute approximate surface area is 174 Å². The lowest BCUT2D eigenvalue weighted by Crippen LogP contribution is -2.18. The highest BCUT2D eigenvalue weighted by Crippen LogP contribution is 2.15. The number of amides is 2. The van der Waals surface area contributed by atoms with E-state index in [1.165, 1.54) is 0 Å². The second-order valence-electron chi connectivity index (χ2n) is 5.78. The predicted octanol–water partition coefficient (Wildman–Crippen LogP) is 5.10. The summed E-state index contributed by atoms with van der Waals surface area (Å²) < 4.78 is 5.63. The molecule has 0 fully saturated rings. The molecule has 0 unspecified atom stereocenters. The Morgan fingerprint density at radius 3 is 2.18 bits per heavy atom. The molecule has 2 N–H and O–H groups in total. The van der Waals surface area contributed by atoms with E-state index in [1.807, 2.05) is 0 Å². The Bertz CT molecular complexity index is 1030. The maximum atomic E-state index is 12.2. The van der Waals surface area contributed by atoms with Crippen LogP contribution in [0.2, 0.25) is 5.02 Å². The molecule has 0 radical (unpaired) electrons. The van der Waals surface area contributed by atoms with Crippen LogP contribution in [-0.4, -0.2) is 17.5 Å². The number of hydrogen-bond donors (Lipinski definition) is 2. The molecule has 0 aliphatic carbocycles. The Morgan fingerprint density at radius 2 is 1.57 bits per heavy atom. The summed E-state index contributed by atoms with van der Waals surface area (Å²) in [7, 11) is 0. The largest absolute Gasteiger partial charge is 0.444 e. The standard InChI is InChI=1S/C20H15BrClN3O3/c1-12(24-25-20(27)17-10-11-18(21)28-17)13-4-8-16(9-5-13)23-19(26)14-2-6-15(22)7-3-14/h2-11H,1H3,(H,23,26)(H,25,27). The van der Waals surface area contributed by atoms with E-state index in [2.05, 4.69) is 31.8 Å². The van der Waals surface area contributed by atoms with E-state index in [-0.39, 0.29) is 11.7 Å². The van der Waals surface area contributed by atoms with Gasteiger partial charge in [0, 0.05) is 16.3 Å². The Morgan fingerprint density at radius 1 is 0.929 bits per heavy atom. The maximum Gasteiger partial charge on any atom is 0.307 e. The highest BCUT2D eigenvalue weighted by molar-refractivity contribution is 9.10. The van der Waals surface area contributed by atoms with Gasteiger partial charge in [-0.3, -0.25) is 9.59 Å². The van der Waals surface area contributed by atoms with Crippen molar-refractivity contribution in [2.45, 2.75) is 6.92 Å². The zero-order valence-corrected chi connectivity index (χ0v) is 17.0. The molecule has 2 aromatic carbocycles. The first-order chi connectivity index (χ1) is 13.4. The van der Waals surface area contributed by atoms with Crippen LogP contribution in [0.4, 0.5) is 5.69 Å². The van der Waals surface area contributed by atoms with E-state index in [0.717, 1.165) is 5.56 Å². The third kappa shape index (κ3) is 5.09. The Kier molecular flexibility index (Phi) is 6.28. The minimum atomic E-state index is -0.447. The normalized spacial score (nSPS) is 11.2. The lowest BCUT2D eigenvalue weighted by molar-refractivity contribution is 0.0925. The van der Waals surface area contributed by atoms with Gasteiger partial charge in [-0.1, -0.05) is 23.7 Å². The van der Waals surface area contributed by atoms with Crippen LogP contribution < -0.4 is 10.7 Å². The number of furan rings is 1.